The van der Waals surface area contributed by atoms with Crippen molar-refractivity contribution in [3.05, 3.63) is 54.1 Å². The van der Waals surface area contributed by atoms with Gasteiger partial charge in [-0.1, -0.05) is 37.3 Å². The number of nitrogens with zero attached hydrogens (tertiary/aromatic N) is 3. The van der Waals surface area contributed by atoms with Crippen LogP contribution >= 0.6 is 0 Å². The Balaban J connectivity index is 1.68. The molecule has 1 saturated carbocycles. The van der Waals surface area contributed by atoms with Gasteiger partial charge in [0, 0.05) is 19.1 Å². The molecule has 0 spiro atoms. The zero-order chi connectivity index (χ0) is 14.7. The number of hydrogen-bond donors (Lipinski definition) is 1. The van der Waals surface area contributed by atoms with Crippen molar-refractivity contribution in [2.45, 2.75) is 38.4 Å². The molecule has 1 aliphatic rings. The van der Waals surface area contributed by atoms with Gasteiger partial charge in [0.05, 0.1) is 24.3 Å². The molecule has 0 bridgehead atoms. The number of imidazole rings is 1. The van der Waals surface area contributed by atoms with Crippen molar-refractivity contribution in [1.82, 2.24) is 14.5 Å². The first-order chi connectivity index (χ1) is 10.3. The second kappa shape index (κ2) is 6.41. The molecule has 1 unspecified atom stereocenters. The number of aromatic nitrogens is 2. The van der Waals surface area contributed by atoms with Crippen LogP contribution in [0.3, 0.4) is 0 Å². The topological polar surface area (TPSA) is 47.1 Å². The van der Waals surface area contributed by atoms with Crippen molar-refractivity contribution in [3.8, 4) is 0 Å². The Morgan fingerprint density at radius 1 is 1.33 bits per heavy atom. The summed E-state index contributed by atoms with van der Waals surface area (Å²) in [5.74, 6) is 0. The Morgan fingerprint density at radius 3 is 2.76 bits per heavy atom. The lowest BCUT2D eigenvalue weighted by Gasteiger charge is -2.21. The van der Waals surface area contributed by atoms with E-state index in [9.17, 15) is 0 Å². The number of benzene rings is 1. The average Bonchev–Trinajstić information content (AvgIpc) is 3.26. The lowest BCUT2D eigenvalue weighted by atomic mass is 10.1. The molecular weight excluding hydrogens is 260 g/mol. The van der Waals surface area contributed by atoms with Gasteiger partial charge in [0.2, 0.25) is 0 Å². The molecule has 4 heteroatoms. The second-order valence-electron chi connectivity index (χ2n) is 5.76. The lowest BCUT2D eigenvalue weighted by Crippen LogP contribution is -2.30. The smallest absolute Gasteiger partial charge is 0.0949 e. The zero-order valence-electron chi connectivity index (χ0n) is 12.7. The first-order valence-electron chi connectivity index (χ1n) is 7.84. The molecule has 3 rings (SSSR count). The Bertz CT molecular complexity index is 559. The molecule has 1 heterocycles. The fourth-order valence-corrected chi connectivity index (χ4v) is 2.88. The first kappa shape index (κ1) is 14.3. The van der Waals surface area contributed by atoms with Crippen LogP contribution in [0.1, 0.15) is 37.1 Å². The van der Waals surface area contributed by atoms with Crippen LogP contribution in [-0.4, -0.2) is 33.6 Å². The highest BCUT2D eigenvalue weighted by atomic mass is 15.2. The summed E-state index contributed by atoms with van der Waals surface area (Å²) in [6.07, 6.45) is 6.51. The molecule has 0 saturated heterocycles. The van der Waals surface area contributed by atoms with Gasteiger partial charge < -0.3 is 10.3 Å². The highest BCUT2D eigenvalue weighted by Crippen LogP contribution is 2.26. The number of nitrogens with two attached hydrogens (primary N) is 1. The summed E-state index contributed by atoms with van der Waals surface area (Å²) in [5, 5.41) is 0. The number of likely N-dealkylation sites (N-methyl/N-ethyl adjacent to an activating group) is 1. The van der Waals surface area contributed by atoms with E-state index in [0.717, 1.165) is 36.9 Å². The van der Waals surface area contributed by atoms with E-state index >= 15 is 0 Å². The Kier molecular flexibility index (Phi) is 4.36. The van der Waals surface area contributed by atoms with E-state index in [1.807, 2.05) is 30.7 Å². The minimum Gasteiger partial charge on any atom is -0.332 e. The van der Waals surface area contributed by atoms with Gasteiger partial charge >= 0.3 is 0 Å². The third-order valence-corrected chi connectivity index (χ3v) is 4.32. The van der Waals surface area contributed by atoms with Crippen LogP contribution in [-0.2, 0) is 6.54 Å². The molecule has 1 aromatic carbocycles. The lowest BCUT2D eigenvalue weighted by molar-refractivity contribution is 0.264. The van der Waals surface area contributed by atoms with E-state index in [1.54, 1.807) is 0 Å². The Labute approximate surface area is 126 Å². The SMILES string of the molecule is CCN(CCn1cncc1C(N)c1ccccc1)C1CC1. The zero-order valence-corrected chi connectivity index (χ0v) is 12.7. The summed E-state index contributed by atoms with van der Waals surface area (Å²) in [6, 6.07) is 10.9. The number of rotatable bonds is 7. The Morgan fingerprint density at radius 2 is 2.10 bits per heavy atom. The summed E-state index contributed by atoms with van der Waals surface area (Å²) in [7, 11) is 0. The van der Waals surface area contributed by atoms with Crippen LogP contribution in [0.5, 0.6) is 0 Å². The van der Waals surface area contributed by atoms with E-state index in [-0.39, 0.29) is 6.04 Å². The van der Waals surface area contributed by atoms with Gasteiger partial charge in [-0.15, -0.1) is 0 Å². The van der Waals surface area contributed by atoms with E-state index in [2.05, 4.69) is 33.5 Å². The molecule has 0 radical (unpaired) electrons. The maximum absolute atomic E-state index is 6.40. The van der Waals surface area contributed by atoms with Crippen LogP contribution in [0.2, 0.25) is 0 Å². The standard InChI is InChI=1S/C17H24N4/c1-2-20(15-8-9-15)10-11-21-13-19-12-16(21)17(18)14-6-4-3-5-7-14/h3-7,12-13,15,17H,2,8-11,18H2,1H3. The fraction of sp³-hybridized carbons (Fsp3) is 0.471. The van der Waals surface area contributed by atoms with E-state index < -0.39 is 0 Å². The Hall–Kier alpha value is -1.65. The predicted octanol–water partition coefficient (Wildman–Crippen LogP) is 2.42. The van der Waals surface area contributed by atoms with Gasteiger partial charge in [0.1, 0.15) is 0 Å². The van der Waals surface area contributed by atoms with Crippen molar-refractivity contribution in [2.24, 2.45) is 5.73 Å². The summed E-state index contributed by atoms with van der Waals surface area (Å²) in [5.41, 5.74) is 8.62. The van der Waals surface area contributed by atoms with Crippen LogP contribution in [0.15, 0.2) is 42.9 Å². The van der Waals surface area contributed by atoms with Crippen LogP contribution in [0.4, 0.5) is 0 Å². The van der Waals surface area contributed by atoms with E-state index in [1.165, 1.54) is 12.8 Å². The average molecular weight is 284 g/mol. The van der Waals surface area contributed by atoms with Gasteiger partial charge in [-0.05, 0) is 24.9 Å². The first-order valence-corrected chi connectivity index (χ1v) is 7.84. The molecule has 1 fully saturated rings. The highest BCUT2D eigenvalue weighted by Gasteiger charge is 2.27. The van der Waals surface area contributed by atoms with Crippen molar-refractivity contribution < 1.29 is 0 Å². The molecule has 1 atom stereocenters. The third kappa shape index (κ3) is 3.34. The van der Waals surface area contributed by atoms with Crippen molar-refractivity contribution >= 4 is 0 Å². The van der Waals surface area contributed by atoms with Crippen LogP contribution in [0, 0.1) is 0 Å². The summed E-state index contributed by atoms with van der Waals surface area (Å²) < 4.78 is 2.20. The van der Waals surface area contributed by atoms with Crippen LogP contribution < -0.4 is 5.73 Å². The molecule has 4 nitrogen and oxygen atoms in total. The van der Waals surface area contributed by atoms with Gasteiger partial charge in [0.15, 0.2) is 0 Å². The molecule has 21 heavy (non-hydrogen) atoms. The van der Waals surface area contributed by atoms with Gasteiger partial charge in [0.25, 0.3) is 0 Å². The summed E-state index contributed by atoms with van der Waals surface area (Å²) >= 11 is 0. The largest absolute Gasteiger partial charge is 0.332 e. The van der Waals surface area contributed by atoms with Crippen molar-refractivity contribution in [1.29, 1.82) is 0 Å². The molecule has 2 N–H and O–H groups in total. The molecule has 2 aromatic rings. The normalized spacial score (nSPS) is 16.3. The maximum Gasteiger partial charge on any atom is 0.0949 e. The van der Waals surface area contributed by atoms with Crippen LogP contribution in [0.25, 0.3) is 0 Å². The molecule has 0 aliphatic heterocycles. The maximum atomic E-state index is 6.40. The summed E-state index contributed by atoms with van der Waals surface area (Å²) in [4.78, 5) is 6.85. The second-order valence-corrected chi connectivity index (χ2v) is 5.76. The highest BCUT2D eigenvalue weighted by molar-refractivity contribution is 5.26. The third-order valence-electron chi connectivity index (χ3n) is 4.32. The van der Waals surface area contributed by atoms with E-state index in [0.29, 0.717) is 0 Å². The molecule has 1 aromatic heterocycles. The molecule has 1 aliphatic carbocycles. The molecular formula is C17H24N4. The quantitative estimate of drug-likeness (QED) is 0.849. The minimum absolute atomic E-state index is 0.107. The number of hydrogen-bond acceptors (Lipinski definition) is 3. The molecule has 112 valence electrons. The van der Waals surface area contributed by atoms with Gasteiger partial charge in [-0.2, -0.15) is 0 Å². The van der Waals surface area contributed by atoms with Crippen molar-refractivity contribution in [2.75, 3.05) is 13.1 Å². The van der Waals surface area contributed by atoms with Crippen molar-refractivity contribution in [3.63, 3.8) is 0 Å². The monoisotopic (exact) mass is 284 g/mol. The summed E-state index contributed by atoms with van der Waals surface area (Å²) in [6.45, 7) is 5.40. The van der Waals surface area contributed by atoms with Gasteiger partial charge in [-0.25, -0.2) is 4.98 Å². The predicted molar refractivity (Wildman–Crippen MR) is 85.0 cm³/mol. The van der Waals surface area contributed by atoms with E-state index in [4.69, 9.17) is 5.73 Å². The van der Waals surface area contributed by atoms with Gasteiger partial charge in [-0.3, -0.25) is 4.90 Å². The molecule has 0 amide bonds. The minimum atomic E-state index is -0.107. The fourth-order valence-electron chi connectivity index (χ4n) is 2.88.